The maximum atomic E-state index is 12.8. The van der Waals surface area contributed by atoms with E-state index in [0.29, 0.717) is 0 Å². The van der Waals surface area contributed by atoms with E-state index in [1.54, 1.807) is 0 Å². The smallest absolute Gasteiger partial charge is 0.289 e. The van der Waals surface area contributed by atoms with Gasteiger partial charge in [-0.15, -0.1) is 0 Å². The van der Waals surface area contributed by atoms with E-state index in [9.17, 15) is 22.8 Å². The molecule has 0 saturated carbocycles. The van der Waals surface area contributed by atoms with E-state index < -0.39 is 34.7 Å². The van der Waals surface area contributed by atoms with Crippen LogP contribution < -0.4 is 5.73 Å². The van der Waals surface area contributed by atoms with Gasteiger partial charge in [0.05, 0.1) is 5.56 Å². The van der Waals surface area contributed by atoms with Gasteiger partial charge < -0.3 is 5.73 Å². The summed E-state index contributed by atoms with van der Waals surface area (Å²) in [7, 11) is 0. The zero-order valence-corrected chi connectivity index (χ0v) is 6.68. The first-order valence-electron chi connectivity index (χ1n) is 3.42. The van der Waals surface area contributed by atoms with Crippen LogP contribution in [0.3, 0.4) is 0 Å². The molecule has 0 aromatic heterocycles. The molecule has 2 N–H and O–H groups in total. The molecule has 0 aliphatic rings. The normalized spacial score (nSPS) is 9.93. The first kappa shape index (κ1) is 10.2. The van der Waals surface area contributed by atoms with Crippen molar-refractivity contribution in [2.24, 2.45) is 5.73 Å². The topological polar surface area (TPSA) is 60.2 Å². The van der Waals surface area contributed by atoms with E-state index in [1.165, 1.54) is 0 Å². The van der Waals surface area contributed by atoms with Crippen molar-refractivity contribution in [1.82, 2.24) is 0 Å². The molecule has 0 radical (unpaired) electrons. The van der Waals surface area contributed by atoms with Crippen LogP contribution in [0.15, 0.2) is 12.1 Å². The largest absolute Gasteiger partial charge is 0.363 e. The second kappa shape index (κ2) is 3.49. The number of carbonyl (C=O) groups is 2. The molecule has 0 heterocycles. The number of ketones is 1. The Hall–Kier alpha value is -1.85. The molecule has 1 rings (SSSR count). The molecule has 0 saturated heterocycles. The van der Waals surface area contributed by atoms with Crippen LogP contribution in [0, 0.1) is 17.5 Å². The van der Waals surface area contributed by atoms with Crippen LogP contribution in [-0.2, 0) is 4.79 Å². The molecule has 0 fully saturated rings. The molecule has 0 aliphatic heterocycles. The van der Waals surface area contributed by atoms with Crippen LogP contribution >= 0.6 is 0 Å². The summed E-state index contributed by atoms with van der Waals surface area (Å²) in [5.41, 5.74) is 3.68. The zero-order chi connectivity index (χ0) is 10.9. The van der Waals surface area contributed by atoms with Gasteiger partial charge in [-0.3, -0.25) is 9.59 Å². The van der Waals surface area contributed by atoms with Gasteiger partial charge in [-0.05, 0) is 6.07 Å². The fourth-order valence-corrected chi connectivity index (χ4v) is 0.829. The Kier molecular flexibility index (Phi) is 2.55. The molecule has 1 aromatic carbocycles. The standard InChI is InChI=1S/C8H4F3NO2/c9-4-2-6(11)5(10)1-3(4)7(13)8(12)14/h1-2H,(H2,12,14). The number of benzene rings is 1. The molecular weight excluding hydrogens is 199 g/mol. The van der Waals surface area contributed by atoms with Crippen molar-refractivity contribution in [2.75, 3.05) is 0 Å². The van der Waals surface area contributed by atoms with Gasteiger partial charge in [-0.2, -0.15) is 0 Å². The predicted molar refractivity (Wildman–Crippen MR) is 39.8 cm³/mol. The number of nitrogens with two attached hydrogens (primary N) is 1. The van der Waals surface area contributed by atoms with Gasteiger partial charge in [0.2, 0.25) is 0 Å². The first-order chi connectivity index (χ1) is 6.43. The number of amides is 1. The van der Waals surface area contributed by atoms with E-state index >= 15 is 0 Å². The molecule has 3 nitrogen and oxygen atoms in total. The van der Waals surface area contributed by atoms with Gasteiger partial charge in [-0.25, -0.2) is 13.2 Å². The first-order valence-corrected chi connectivity index (χ1v) is 3.42. The van der Waals surface area contributed by atoms with Crippen LogP contribution in [0.5, 0.6) is 0 Å². The summed E-state index contributed by atoms with van der Waals surface area (Å²) >= 11 is 0. The lowest BCUT2D eigenvalue weighted by molar-refractivity contribution is -0.114. The third kappa shape index (κ3) is 1.73. The maximum absolute atomic E-state index is 12.8. The summed E-state index contributed by atoms with van der Waals surface area (Å²) in [4.78, 5) is 21.2. The van der Waals surface area contributed by atoms with E-state index in [0.717, 1.165) is 0 Å². The SMILES string of the molecule is NC(=O)C(=O)c1cc(F)c(F)cc1F. The molecule has 1 amide bonds. The van der Waals surface area contributed by atoms with Crippen LogP contribution in [0.4, 0.5) is 13.2 Å². The van der Waals surface area contributed by atoms with Crippen molar-refractivity contribution in [3.05, 3.63) is 35.1 Å². The van der Waals surface area contributed by atoms with Crippen molar-refractivity contribution in [1.29, 1.82) is 0 Å². The highest BCUT2D eigenvalue weighted by Crippen LogP contribution is 2.13. The summed E-state index contributed by atoms with van der Waals surface area (Å²) in [5.74, 6) is -7.02. The van der Waals surface area contributed by atoms with Gasteiger partial charge >= 0.3 is 0 Å². The fraction of sp³-hybridized carbons (Fsp3) is 0. The molecule has 0 atom stereocenters. The highest BCUT2D eigenvalue weighted by Gasteiger charge is 2.19. The van der Waals surface area contributed by atoms with Crippen molar-refractivity contribution >= 4 is 11.7 Å². The Bertz CT molecular complexity index is 417. The quantitative estimate of drug-likeness (QED) is 0.438. The van der Waals surface area contributed by atoms with Crippen LogP contribution in [0.25, 0.3) is 0 Å². The number of hydrogen-bond donors (Lipinski definition) is 1. The monoisotopic (exact) mass is 203 g/mol. The van der Waals surface area contributed by atoms with Gasteiger partial charge in [0, 0.05) is 6.07 Å². The minimum Gasteiger partial charge on any atom is -0.363 e. The molecule has 14 heavy (non-hydrogen) atoms. The van der Waals surface area contributed by atoms with Gasteiger partial charge in [0.1, 0.15) is 5.82 Å². The molecule has 0 aliphatic carbocycles. The van der Waals surface area contributed by atoms with E-state index in [4.69, 9.17) is 0 Å². The number of hydrogen-bond acceptors (Lipinski definition) is 2. The predicted octanol–water partition coefficient (Wildman–Crippen LogP) is 0.772. The van der Waals surface area contributed by atoms with Gasteiger partial charge in [-0.1, -0.05) is 0 Å². The highest BCUT2D eigenvalue weighted by molar-refractivity contribution is 6.42. The van der Waals surface area contributed by atoms with Crippen molar-refractivity contribution in [3.8, 4) is 0 Å². The lowest BCUT2D eigenvalue weighted by Gasteiger charge is -1.99. The Morgan fingerprint density at radius 3 is 2.00 bits per heavy atom. The Morgan fingerprint density at radius 1 is 1.00 bits per heavy atom. The van der Waals surface area contributed by atoms with Crippen LogP contribution in [0.1, 0.15) is 10.4 Å². The third-order valence-electron chi connectivity index (χ3n) is 1.48. The minimum atomic E-state index is -1.44. The number of rotatable bonds is 2. The van der Waals surface area contributed by atoms with Crippen LogP contribution in [-0.4, -0.2) is 11.7 Å². The molecule has 0 spiro atoms. The Morgan fingerprint density at radius 2 is 1.50 bits per heavy atom. The molecular formula is C8H4F3NO2. The average Bonchev–Trinajstić information content (AvgIpc) is 2.10. The molecule has 74 valence electrons. The summed E-state index contributed by atoms with van der Waals surface area (Å²) in [6.07, 6.45) is 0. The molecule has 6 heteroatoms. The third-order valence-corrected chi connectivity index (χ3v) is 1.48. The number of carbonyl (C=O) groups excluding carboxylic acids is 2. The zero-order valence-electron chi connectivity index (χ0n) is 6.68. The number of halogens is 3. The van der Waals surface area contributed by atoms with Crippen molar-refractivity contribution in [2.45, 2.75) is 0 Å². The minimum absolute atomic E-state index is 0.172. The number of Topliss-reactive ketones (excluding diaryl/α,β-unsaturated/α-hetero) is 1. The molecule has 0 unspecified atom stereocenters. The molecule has 1 aromatic rings. The van der Waals surface area contributed by atoms with E-state index in [-0.39, 0.29) is 12.1 Å². The second-order valence-corrected chi connectivity index (χ2v) is 2.44. The summed E-state index contributed by atoms with van der Waals surface area (Å²) in [5, 5.41) is 0. The Balaban J connectivity index is 3.29. The maximum Gasteiger partial charge on any atom is 0.289 e. The van der Waals surface area contributed by atoms with Gasteiger partial charge in [0.15, 0.2) is 11.6 Å². The lowest BCUT2D eigenvalue weighted by Crippen LogP contribution is -2.24. The summed E-state index contributed by atoms with van der Waals surface area (Å²) in [6, 6.07) is 0.462. The summed E-state index contributed by atoms with van der Waals surface area (Å²) in [6.45, 7) is 0. The Labute approximate surface area is 76.3 Å². The van der Waals surface area contributed by atoms with Crippen molar-refractivity contribution < 1.29 is 22.8 Å². The van der Waals surface area contributed by atoms with E-state index in [1.807, 2.05) is 0 Å². The second-order valence-electron chi connectivity index (χ2n) is 2.44. The molecule has 0 bridgehead atoms. The van der Waals surface area contributed by atoms with E-state index in [2.05, 4.69) is 5.73 Å². The lowest BCUT2D eigenvalue weighted by atomic mass is 10.1. The number of primary amides is 1. The summed E-state index contributed by atoms with van der Waals surface area (Å²) < 4.78 is 37.7. The fourth-order valence-electron chi connectivity index (χ4n) is 0.829. The van der Waals surface area contributed by atoms with Crippen LogP contribution in [0.2, 0.25) is 0 Å². The van der Waals surface area contributed by atoms with Gasteiger partial charge in [0.25, 0.3) is 11.7 Å². The highest BCUT2D eigenvalue weighted by atomic mass is 19.2. The van der Waals surface area contributed by atoms with Crippen molar-refractivity contribution in [3.63, 3.8) is 0 Å². The average molecular weight is 203 g/mol.